The van der Waals surface area contributed by atoms with Gasteiger partial charge in [-0.25, -0.2) is 8.42 Å². The number of halogens is 4. The lowest BCUT2D eigenvalue weighted by Crippen LogP contribution is -2.40. The average Bonchev–Trinajstić information content (AvgIpc) is 2.41. The van der Waals surface area contributed by atoms with Crippen molar-refractivity contribution >= 4 is 32.1 Å². The molecule has 8 heteroatoms. The Morgan fingerprint density at radius 3 is 2.45 bits per heavy atom. The molecule has 22 heavy (non-hydrogen) atoms. The lowest BCUT2D eigenvalue weighted by molar-refractivity contribution is -0.137. The van der Waals surface area contributed by atoms with Gasteiger partial charge in [-0.05, 0) is 37.0 Å². The monoisotopic (exact) mass is 398 g/mol. The largest absolute Gasteiger partial charge is 0.416 e. The predicted octanol–water partition coefficient (Wildman–Crippen LogP) is 3.47. The molecule has 0 N–H and O–H groups in total. The Kier molecular flexibility index (Phi) is 5.01. The molecule has 0 amide bonds. The van der Waals surface area contributed by atoms with E-state index in [0.29, 0.717) is 24.2 Å². The minimum absolute atomic E-state index is 0.0394. The second-order valence-electron chi connectivity index (χ2n) is 5.38. The topological polar surface area (TPSA) is 51.2 Å². The summed E-state index contributed by atoms with van der Waals surface area (Å²) >= 11 is 3.19. The van der Waals surface area contributed by atoms with Crippen molar-refractivity contribution in [2.75, 3.05) is 5.33 Å². The molecule has 0 radical (unpaired) electrons. The third-order valence-corrected chi connectivity index (χ3v) is 6.94. The van der Waals surface area contributed by atoms with E-state index in [2.05, 4.69) is 15.9 Å². The van der Waals surface area contributed by atoms with Crippen molar-refractivity contribution in [1.82, 2.24) is 0 Å². The van der Waals surface area contributed by atoms with Crippen molar-refractivity contribution in [3.63, 3.8) is 0 Å². The molecule has 0 saturated heterocycles. The van der Waals surface area contributed by atoms with Crippen molar-refractivity contribution in [2.24, 2.45) is 11.8 Å². The third-order valence-electron chi connectivity index (χ3n) is 4.02. The summed E-state index contributed by atoms with van der Waals surface area (Å²) in [5.74, 6) is -0.296. The standard InChI is InChI=1S/C14H14BrF3O3S/c15-7-10(8-19)9-4-13(5-9)22(20,21)12-3-1-2-11(6-12)14(16,17)18/h1-3,6,8-10,13H,4-5,7H2. The van der Waals surface area contributed by atoms with Crippen LogP contribution in [-0.4, -0.2) is 25.3 Å². The molecular weight excluding hydrogens is 385 g/mol. The Balaban J connectivity index is 2.18. The lowest BCUT2D eigenvalue weighted by atomic mass is 9.77. The van der Waals surface area contributed by atoms with Crippen LogP contribution in [0.2, 0.25) is 0 Å². The lowest BCUT2D eigenvalue weighted by Gasteiger charge is -2.37. The summed E-state index contributed by atoms with van der Waals surface area (Å²) in [6.07, 6.45) is -3.19. The van der Waals surface area contributed by atoms with Gasteiger partial charge >= 0.3 is 6.18 Å². The van der Waals surface area contributed by atoms with E-state index in [1.54, 1.807) is 0 Å². The fourth-order valence-electron chi connectivity index (χ4n) is 2.52. The van der Waals surface area contributed by atoms with Crippen LogP contribution in [0.4, 0.5) is 13.2 Å². The number of alkyl halides is 4. The first kappa shape index (κ1) is 17.5. The van der Waals surface area contributed by atoms with E-state index in [9.17, 15) is 26.4 Å². The second-order valence-corrected chi connectivity index (χ2v) is 8.25. The van der Waals surface area contributed by atoms with Crippen LogP contribution in [0.5, 0.6) is 0 Å². The van der Waals surface area contributed by atoms with Crippen LogP contribution in [0.3, 0.4) is 0 Å². The van der Waals surface area contributed by atoms with Crippen molar-refractivity contribution in [3.05, 3.63) is 29.8 Å². The van der Waals surface area contributed by atoms with Gasteiger partial charge in [0.1, 0.15) is 6.29 Å². The summed E-state index contributed by atoms with van der Waals surface area (Å²) in [4.78, 5) is 10.5. The quantitative estimate of drug-likeness (QED) is 0.563. The molecule has 0 aliphatic heterocycles. The van der Waals surface area contributed by atoms with E-state index >= 15 is 0 Å². The fourth-order valence-corrected chi connectivity index (χ4v) is 5.15. The number of aldehydes is 1. The van der Waals surface area contributed by atoms with Crippen molar-refractivity contribution in [2.45, 2.75) is 29.2 Å². The molecule has 1 aliphatic carbocycles. The third kappa shape index (κ3) is 3.37. The highest BCUT2D eigenvalue weighted by Crippen LogP contribution is 2.41. The van der Waals surface area contributed by atoms with Gasteiger partial charge in [0, 0.05) is 11.2 Å². The van der Waals surface area contributed by atoms with Crippen molar-refractivity contribution in [3.8, 4) is 0 Å². The van der Waals surface area contributed by atoms with E-state index in [1.165, 1.54) is 6.07 Å². The van der Waals surface area contributed by atoms with Crippen LogP contribution in [-0.2, 0) is 20.8 Å². The predicted molar refractivity (Wildman–Crippen MR) is 78.5 cm³/mol. The molecule has 1 atom stereocenters. The molecule has 122 valence electrons. The summed E-state index contributed by atoms with van der Waals surface area (Å²) in [5, 5.41) is -0.264. The summed E-state index contributed by atoms with van der Waals surface area (Å²) < 4.78 is 62.8. The van der Waals surface area contributed by atoms with Gasteiger partial charge in [-0.3, -0.25) is 0 Å². The van der Waals surface area contributed by atoms with Crippen LogP contribution in [0.25, 0.3) is 0 Å². The molecule has 3 nitrogen and oxygen atoms in total. The maximum atomic E-state index is 12.7. The average molecular weight is 399 g/mol. The summed E-state index contributed by atoms with van der Waals surface area (Å²) in [5.41, 5.74) is -0.976. The highest BCUT2D eigenvalue weighted by molar-refractivity contribution is 9.09. The molecule has 1 saturated carbocycles. The van der Waals surface area contributed by atoms with Crippen LogP contribution < -0.4 is 0 Å². The molecule has 0 spiro atoms. The fraction of sp³-hybridized carbons (Fsp3) is 0.500. The molecule has 1 unspecified atom stereocenters. The Labute approximate surface area is 134 Å². The molecule has 1 aromatic rings. The van der Waals surface area contributed by atoms with Gasteiger partial charge < -0.3 is 4.79 Å². The van der Waals surface area contributed by atoms with E-state index < -0.39 is 26.8 Å². The molecule has 1 aromatic carbocycles. The van der Waals surface area contributed by atoms with E-state index in [1.807, 2.05) is 0 Å². The molecular formula is C14H14BrF3O3S. The zero-order valence-corrected chi connectivity index (χ0v) is 13.8. The smallest absolute Gasteiger partial charge is 0.303 e. The van der Waals surface area contributed by atoms with Gasteiger partial charge in [0.05, 0.1) is 15.7 Å². The van der Waals surface area contributed by atoms with Crippen molar-refractivity contribution < 1.29 is 26.4 Å². The summed E-state index contributed by atoms with van der Waals surface area (Å²) in [6, 6.07) is 3.79. The minimum Gasteiger partial charge on any atom is -0.303 e. The van der Waals surface area contributed by atoms with Gasteiger partial charge in [0.15, 0.2) is 9.84 Å². The highest BCUT2D eigenvalue weighted by Gasteiger charge is 2.43. The number of hydrogen-bond acceptors (Lipinski definition) is 3. The Hall–Kier alpha value is -0.890. The molecule has 0 heterocycles. The van der Waals surface area contributed by atoms with E-state index in [0.717, 1.165) is 18.4 Å². The van der Waals surface area contributed by atoms with Crippen molar-refractivity contribution in [1.29, 1.82) is 0 Å². The molecule has 1 fully saturated rings. The highest BCUT2D eigenvalue weighted by atomic mass is 79.9. The van der Waals surface area contributed by atoms with Gasteiger partial charge in [-0.1, -0.05) is 22.0 Å². The summed E-state index contributed by atoms with van der Waals surface area (Å²) in [6.45, 7) is 0. The first-order valence-corrected chi connectivity index (χ1v) is 9.29. The maximum Gasteiger partial charge on any atom is 0.416 e. The zero-order chi connectivity index (χ0) is 16.5. The Morgan fingerprint density at radius 1 is 1.32 bits per heavy atom. The van der Waals surface area contributed by atoms with Gasteiger partial charge in [-0.15, -0.1) is 0 Å². The second kappa shape index (κ2) is 6.31. The SMILES string of the molecule is O=CC(CBr)C1CC(S(=O)(=O)c2cccc(C(F)(F)F)c2)C1. The van der Waals surface area contributed by atoms with E-state index in [4.69, 9.17) is 0 Å². The van der Waals surface area contributed by atoms with E-state index in [-0.39, 0.29) is 16.7 Å². The van der Waals surface area contributed by atoms with Crippen LogP contribution >= 0.6 is 15.9 Å². The van der Waals surface area contributed by atoms with Crippen LogP contribution in [0, 0.1) is 11.8 Å². The summed E-state index contributed by atoms with van der Waals surface area (Å²) in [7, 11) is -3.80. The van der Waals surface area contributed by atoms with Crippen LogP contribution in [0.15, 0.2) is 29.2 Å². The normalized spacial score (nSPS) is 23.6. The van der Waals surface area contributed by atoms with Gasteiger partial charge in [-0.2, -0.15) is 13.2 Å². The molecule has 0 aromatic heterocycles. The minimum atomic E-state index is -4.58. The van der Waals surface area contributed by atoms with Gasteiger partial charge in [0.2, 0.25) is 0 Å². The number of carbonyl (C=O) groups is 1. The first-order valence-electron chi connectivity index (χ1n) is 6.62. The number of rotatable bonds is 5. The number of benzene rings is 1. The number of sulfone groups is 1. The maximum absolute atomic E-state index is 12.7. The number of carbonyl (C=O) groups excluding carboxylic acids is 1. The molecule has 0 bridgehead atoms. The van der Waals surface area contributed by atoms with Crippen LogP contribution in [0.1, 0.15) is 18.4 Å². The Morgan fingerprint density at radius 2 is 1.95 bits per heavy atom. The zero-order valence-electron chi connectivity index (χ0n) is 11.4. The first-order chi connectivity index (χ1) is 10.2. The molecule has 1 aliphatic rings. The van der Waals surface area contributed by atoms with Gasteiger partial charge in [0.25, 0.3) is 0 Å². The Bertz CT molecular complexity index is 652. The number of hydrogen-bond donors (Lipinski definition) is 0. The molecule has 2 rings (SSSR count).